The van der Waals surface area contributed by atoms with Gasteiger partial charge in [-0.2, -0.15) is 0 Å². The van der Waals surface area contributed by atoms with Gasteiger partial charge in [0.25, 0.3) is 5.91 Å². The average Bonchev–Trinajstić information content (AvgIpc) is 2.48. The summed E-state index contributed by atoms with van der Waals surface area (Å²) in [7, 11) is 1.50. The molecule has 0 unspecified atom stereocenters. The number of carboxylic acids is 1. The number of ether oxygens (including phenoxy) is 1. The molecule has 1 aromatic heterocycles. The molecule has 21 heavy (non-hydrogen) atoms. The van der Waals surface area contributed by atoms with E-state index in [1.165, 1.54) is 37.5 Å². The van der Waals surface area contributed by atoms with E-state index in [2.05, 4.69) is 10.3 Å². The number of halogens is 1. The quantitative estimate of drug-likeness (QED) is 0.906. The van der Waals surface area contributed by atoms with Gasteiger partial charge in [0.05, 0.1) is 10.6 Å². The minimum Gasteiger partial charge on any atom is -0.478 e. The van der Waals surface area contributed by atoms with Crippen LogP contribution in [0.4, 0.5) is 0 Å². The number of aromatic carboxylic acids is 1. The van der Waals surface area contributed by atoms with Crippen LogP contribution in [0.25, 0.3) is 0 Å². The lowest BCUT2D eigenvalue weighted by Crippen LogP contribution is -2.18. The first-order chi connectivity index (χ1) is 10.0. The summed E-state index contributed by atoms with van der Waals surface area (Å²) in [6.07, 6.45) is 1.42. The topological polar surface area (TPSA) is 88.5 Å². The van der Waals surface area contributed by atoms with E-state index in [0.29, 0.717) is 11.5 Å². The minimum absolute atomic E-state index is 0.0604. The molecular weight excluding hydrogens is 296 g/mol. The van der Waals surface area contributed by atoms with Crippen LogP contribution in [0.2, 0.25) is 5.02 Å². The molecular formula is C14H11ClN2O4. The van der Waals surface area contributed by atoms with Crippen molar-refractivity contribution in [2.75, 3.05) is 7.05 Å². The Morgan fingerprint density at radius 2 is 1.95 bits per heavy atom. The molecule has 0 aliphatic rings. The van der Waals surface area contributed by atoms with Gasteiger partial charge in [0.2, 0.25) is 0 Å². The van der Waals surface area contributed by atoms with Crippen LogP contribution < -0.4 is 10.1 Å². The van der Waals surface area contributed by atoms with Gasteiger partial charge in [0.15, 0.2) is 0 Å². The van der Waals surface area contributed by atoms with Crippen molar-refractivity contribution in [1.82, 2.24) is 10.3 Å². The van der Waals surface area contributed by atoms with E-state index in [4.69, 9.17) is 21.4 Å². The third-order valence-corrected chi connectivity index (χ3v) is 2.92. The number of hydrogen-bond donors (Lipinski definition) is 2. The van der Waals surface area contributed by atoms with Crippen molar-refractivity contribution in [2.24, 2.45) is 0 Å². The summed E-state index contributed by atoms with van der Waals surface area (Å²) in [6, 6.07) is 7.29. The zero-order valence-electron chi connectivity index (χ0n) is 11.0. The molecule has 2 aromatic rings. The van der Waals surface area contributed by atoms with E-state index in [1.807, 2.05) is 0 Å². The Morgan fingerprint density at radius 1 is 1.24 bits per heavy atom. The van der Waals surface area contributed by atoms with Crippen molar-refractivity contribution < 1.29 is 19.4 Å². The summed E-state index contributed by atoms with van der Waals surface area (Å²) in [6.45, 7) is 0. The van der Waals surface area contributed by atoms with Crippen LogP contribution in [0.15, 0.2) is 36.5 Å². The molecule has 0 spiro atoms. The first-order valence-corrected chi connectivity index (χ1v) is 6.28. The fraction of sp³-hybridized carbons (Fsp3) is 0.0714. The number of rotatable bonds is 4. The number of hydrogen-bond acceptors (Lipinski definition) is 4. The SMILES string of the molecule is CNC(=O)c1cc(Oc2ccc(Cl)c(C(=O)O)c2)ccn1. The van der Waals surface area contributed by atoms with Gasteiger partial charge in [-0.1, -0.05) is 11.6 Å². The van der Waals surface area contributed by atoms with Crippen molar-refractivity contribution in [2.45, 2.75) is 0 Å². The van der Waals surface area contributed by atoms with E-state index in [0.717, 1.165) is 0 Å². The molecule has 0 aliphatic carbocycles. The monoisotopic (exact) mass is 306 g/mol. The van der Waals surface area contributed by atoms with Crippen LogP contribution in [0, 0.1) is 0 Å². The number of amides is 1. The van der Waals surface area contributed by atoms with Gasteiger partial charge in [-0.3, -0.25) is 9.78 Å². The van der Waals surface area contributed by atoms with E-state index < -0.39 is 5.97 Å². The Labute approximate surface area is 125 Å². The normalized spacial score (nSPS) is 10.0. The van der Waals surface area contributed by atoms with E-state index >= 15 is 0 Å². The van der Waals surface area contributed by atoms with Crippen molar-refractivity contribution in [1.29, 1.82) is 0 Å². The Bertz CT molecular complexity index is 703. The molecule has 0 radical (unpaired) electrons. The highest BCUT2D eigenvalue weighted by atomic mass is 35.5. The first kappa shape index (κ1) is 14.8. The summed E-state index contributed by atoms with van der Waals surface area (Å²) < 4.78 is 5.52. The van der Waals surface area contributed by atoms with Gasteiger partial charge >= 0.3 is 5.97 Å². The van der Waals surface area contributed by atoms with Crippen molar-refractivity contribution in [3.8, 4) is 11.5 Å². The lowest BCUT2D eigenvalue weighted by molar-refractivity contribution is 0.0696. The second-order valence-electron chi connectivity index (χ2n) is 4.00. The molecule has 0 saturated carbocycles. The van der Waals surface area contributed by atoms with Crippen LogP contribution in [0.5, 0.6) is 11.5 Å². The lowest BCUT2D eigenvalue weighted by atomic mass is 10.2. The molecule has 1 heterocycles. The first-order valence-electron chi connectivity index (χ1n) is 5.90. The molecule has 0 saturated heterocycles. The smallest absolute Gasteiger partial charge is 0.337 e. The Kier molecular flexibility index (Phi) is 4.39. The predicted molar refractivity (Wildman–Crippen MR) is 76.1 cm³/mol. The maximum absolute atomic E-state index is 11.5. The number of nitrogens with zero attached hydrogens (tertiary/aromatic N) is 1. The number of carbonyl (C=O) groups excluding carboxylic acids is 1. The van der Waals surface area contributed by atoms with Crippen LogP contribution in [-0.2, 0) is 0 Å². The third kappa shape index (κ3) is 3.49. The summed E-state index contributed by atoms with van der Waals surface area (Å²) in [4.78, 5) is 26.4. The highest BCUT2D eigenvalue weighted by Gasteiger charge is 2.11. The second kappa shape index (κ2) is 6.23. The lowest BCUT2D eigenvalue weighted by Gasteiger charge is -2.08. The fourth-order valence-electron chi connectivity index (χ4n) is 1.59. The predicted octanol–water partition coefficient (Wildman–Crippen LogP) is 2.59. The molecule has 1 amide bonds. The number of pyridine rings is 1. The molecule has 108 valence electrons. The molecule has 0 atom stereocenters. The van der Waals surface area contributed by atoms with E-state index in [9.17, 15) is 9.59 Å². The zero-order chi connectivity index (χ0) is 15.4. The van der Waals surface area contributed by atoms with E-state index in [1.54, 1.807) is 6.07 Å². The fourth-order valence-corrected chi connectivity index (χ4v) is 1.79. The molecule has 0 bridgehead atoms. The molecule has 0 aliphatic heterocycles. The second-order valence-corrected chi connectivity index (χ2v) is 4.41. The maximum atomic E-state index is 11.5. The summed E-state index contributed by atoms with van der Waals surface area (Å²) >= 11 is 5.78. The van der Waals surface area contributed by atoms with Crippen LogP contribution in [0.1, 0.15) is 20.8 Å². The number of nitrogens with one attached hydrogen (secondary N) is 1. The molecule has 2 rings (SSSR count). The summed E-state index contributed by atoms with van der Waals surface area (Å²) in [5.41, 5.74) is 0.136. The highest BCUT2D eigenvalue weighted by Crippen LogP contribution is 2.26. The standard InChI is InChI=1S/C14H11ClN2O4/c1-16-13(18)12-7-9(4-5-17-12)21-8-2-3-11(15)10(6-8)14(19)20/h2-7H,1H3,(H,16,18)(H,19,20). The zero-order valence-corrected chi connectivity index (χ0v) is 11.7. The minimum atomic E-state index is -1.15. The molecule has 1 aromatic carbocycles. The number of aromatic nitrogens is 1. The van der Waals surface area contributed by atoms with Gasteiger partial charge in [-0.15, -0.1) is 0 Å². The number of carbonyl (C=O) groups is 2. The Morgan fingerprint density at radius 3 is 2.62 bits per heavy atom. The molecule has 6 nitrogen and oxygen atoms in total. The number of carboxylic acid groups (broad SMARTS) is 1. The maximum Gasteiger partial charge on any atom is 0.337 e. The van der Waals surface area contributed by atoms with Crippen molar-refractivity contribution >= 4 is 23.5 Å². The molecule has 7 heteroatoms. The van der Waals surface area contributed by atoms with E-state index in [-0.39, 0.29) is 22.2 Å². The largest absolute Gasteiger partial charge is 0.478 e. The Balaban J connectivity index is 2.28. The van der Waals surface area contributed by atoms with Crippen LogP contribution >= 0.6 is 11.6 Å². The van der Waals surface area contributed by atoms with Gasteiger partial charge < -0.3 is 15.2 Å². The summed E-state index contributed by atoms with van der Waals surface area (Å²) in [5, 5.41) is 11.6. The van der Waals surface area contributed by atoms with Gasteiger partial charge in [0, 0.05) is 19.3 Å². The van der Waals surface area contributed by atoms with Gasteiger partial charge in [-0.25, -0.2) is 4.79 Å². The Hall–Kier alpha value is -2.60. The highest BCUT2D eigenvalue weighted by molar-refractivity contribution is 6.33. The van der Waals surface area contributed by atoms with Crippen molar-refractivity contribution in [3.05, 3.63) is 52.8 Å². The third-order valence-electron chi connectivity index (χ3n) is 2.60. The molecule has 2 N–H and O–H groups in total. The summed E-state index contributed by atoms with van der Waals surface area (Å²) in [5.74, 6) is -0.831. The molecule has 0 fully saturated rings. The van der Waals surface area contributed by atoms with Crippen molar-refractivity contribution in [3.63, 3.8) is 0 Å². The number of benzene rings is 1. The van der Waals surface area contributed by atoms with Gasteiger partial charge in [-0.05, 0) is 24.3 Å². The van der Waals surface area contributed by atoms with Gasteiger partial charge in [0.1, 0.15) is 17.2 Å². The average molecular weight is 307 g/mol. The van der Waals surface area contributed by atoms with Crippen LogP contribution in [-0.4, -0.2) is 29.0 Å². The van der Waals surface area contributed by atoms with Crippen LogP contribution in [0.3, 0.4) is 0 Å².